The Kier molecular flexibility index (Phi) is 7.18. The standard InChI is InChI=1S/C16H21FN2O4/c1-10(2)14(15(21)18-12(9-17)16(22)23)19-13(20)8-11-6-4-3-5-7-11/h3-7,10,12,14H,8-9H2,1-2H3,(H,18,21)(H,19,20)(H,22,23). The minimum absolute atomic E-state index is 0.100. The normalized spacial score (nSPS) is 13.2. The largest absolute Gasteiger partial charge is 0.480 e. The maximum Gasteiger partial charge on any atom is 0.328 e. The van der Waals surface area contributed by atoms with Crippen LogP contribution in [-0.2, 0) is 20.8 Å². The molecule has 126 valence electrons. The van der Waals surface area contributed by atoms with E-state index in [-0.39, 0.29) is 18.2 Å². The molecule has 0 heterocycles. The van der Waals surface area contributed by atoms with Crippen molar-refractivity contribution in [1.82, 2.24) is 10.6 Å². The van der Waals surface area contributed by atoms with E-state index in [1.54, 1.807) is 38.1 Å². The zero-order valence-corrected chi connectivity index (χ0v) is 13.1. The van der Waals surface area contributed by atoms with E-state index in [0.29, 0.717) is 0 Å². The molecule has 0 aromatic heterocycles. The fraction of sp³-hybridized carbons (Fsp3) is 0.438. The summed E-state index contributed by atoms with van der Waals surface area (Å²) >= 11 is 0. The van der Waals surface area contributed by atoms with Crippen molar-refractivity contribution in [3.05, 3.63) is 35.9 Å². The Bertz CT molecular complexity index is 548. The van der Waals surface area contributed by atoms with Gasteiger partial charge in [0.05, 0.1) is 6.42 Å². The Balaban J connectivity index is 2.69. The van der Waals surface area contributed by atoms with Crippen LogP contribution in [0.1, 0.15) is 19.4 Å². The topological polar surface area (TPSA) is 95.5 Å². The average molecular weight is 324 g/mol. The summed E-state index contributed by atoms with van der Waals surface area (Å²) in [7, 11) is 0. The van der Waals surface area contributed by atoms with Gasteiger partial charge < -0.3 is 15.7 Å². The van der Waals surface area contributed by atoms with E-state index in [2.05, 4.69) is 10.6 Å². The summed E-state index contributed by atoms with van der Waals surface area (Å²) < 4.78 is 12.6. The van der Waals surface area contributed by atoms with Crippen LogP contribution < -0.4 is 10.6 Å². The van der Waals surface area contributed by atoms with Gasteiger partial charge in [-0.05, 0) is 11.5 Å². The van der Waals surface area contributed by atoms with Gasteiger partial charge in [-0.2, -0.15) is 0 Å². The summed E-state index contributed by atoms with van der Waals surface area (Å²) in [6, 6.07) is 6.45. The number of amides is 2. The highest BCUT2D eigenvalue weighted by atomic mass is 19.1. The number of carboxylic acid groups (broad SMARTS) is 1. The van der Waals surface area contributed by atoms with Crippen LogP contribution in [0.3, 0.4) is 0 Å². The number of aliphatic carboxylic acids is 1. The van der Waals surface area contributed by atoms with Crippen molar-refractivity contribution in [3.63, 3.8) is 0 Å². The minimum atomic E-state index is -1.62. The van der Waals surface area contributed by atoms with Crippen LogP contribution in [0.15, 0.2) is 30.3 Å². The van der Waals surface area contributed by atoms with E-state index in [9.17, 15) is 18.8 Å². The third-order valence-electron chi connectivity index (χ3n) is 3.24. The highest BCUT2D eigenvalue weighted by molar-refractivity contribution is 5.91. The smallest absolute Gasteiger partial charge is 0.328 e. The molecule has 1 aromatic carbocycles. The molecule has 1 rings (SSSR count). The molecule has 0 aliphatic heterocycles. The first-order valence-corrected chi connectivity index (χ1v) is 7.27. The van der Waals surface area contributed by atoms with Gasteiger partial charge in [-0.3, -0.25) is 9.59 Å². The maximum atomic E-state index is 12.6. The van der Waals surface area contributed by atoms with Gasteiger partial charge in [-0.15, -0.1) is 0 Å². The van der Waals surface area contributed by atoms with Gasteiger partial charge in [0.25, 0.3) is 0 Å². The Morgan fingerprint density at radius 3 is 2.22 bits per heavy atom. The number of hydrogen-bond donors (Lipinski definition) is 3. The number of carboxylic acids is 1. The number of benzene rings is 1. The molecule has 7 heteroatoms. The van der Waals surface area contributed by atoms with Crippen molar-refractivity contribution in [3.8, 4) is 0 Å². The Morgan fingerprint density at radius 1 is 1.13 bits per heavy atom. The SMILES string of the molecule is CC(C)C(NC(=O)Cc1ccccc1)C(=O)NC(CF)C(=O)O. The molecule has 0 spiro atoms. The van der Waals surface area contributed by atoms with Crippen LogP contribution in [0.5, 0.6) is 0 Å². The molecule has 0 aliphatic carbocycles. The van der Waals surface area contributed by atoms with E-state index in [0.717, 1.165) is 5.56 Å². The molecule has 23 heavy (non-hydrogen) atoms. The summed E-state index contributed by atoms with van der Waals surface area (Å²) in [4.78, 5) is 34.9. The van der Waals surface area contributed by atoms with E-state index in [1.807, 2.05) is 6.07 Å². The second-order valence-corrected chi connectivity index (χ2v) is 5.51. The molecule has 2 unspecified atom stereocenters. The molecule has 0 fully saturated rings. The molecule has 0 bridgehead atoms. The van der Waals surface area contributed by atoms with Crippen LogP contribution in [0.2, 0.25) is 0 Å². The molecule has 1 aromatic rings. The second kappa shape index (κ2) is 8.87. The van der Waals surface area contributed by atoms with Crippen LogP contribution >= 0.6 is 0 Å². The molecule has 2 amide bonds. The van der Waals surface area contributed by atoms with Crippen LogP contribution in [-0.4, -0.2) is 41.6 Å². The average Bonchev–Trinajstić information content (AvgIpc) is 2.50. The van der Waals surface area contributed by atoms with Gasteiger partial charge in [0.1, 0.15) is 12.7 Å². The predicted octanol–water partition coefficient (Wildman–Crippen LogP) is 0.909. The fourth-order valence-electron chi connectivity index (χ4n) is 1.97. The first kappa shape index (κ1) is 18.6. The Hall–Kier alpha value is -2.44. The highest BCUT2D eigenvalue weighted by Gasteiger charge is 2.28. The van der Waals surface area contributed by atoms with Gasteiger partial charge in [0, 0.05) is 0 Å². The number of carbonyl (C=O) groups is 3. The zero-order valence-electron chi connectivity index (χ0n) is 13.1. The first-order valence-electron chi connectivity index (χ1n) is 7.27. The third-order valence-corrected chi connectivity index (χ3v) is 3.24. The molecule has 0 aliphatic rings. The summed E-state index contributed by atoms with van der Waals surface area (Å²) in [5.74, 6) is -2.81. The van der Waals surface area contributed by atoms with Crippen LogP contribution in [0.4, 0.5) is 4.39 Å². The van der Waals surface area contributed by atoms with Crippen molar-refractivity contribution >= 4 is 17.8 Å². The van der Waals surface area contributed by atoms with Gasteiger partial charge in [-0.25, -0.2) is 9.18 Å². The zero-order chi connectivity index (χ0) is 17.4. The van der Waals surface area contributed by atoms with E-state index >= 15 is 0 Å². The fourth-order valence-corrected chi connectivity index (χ4v) is 1.97. The van der Waals surface area contributed by atoms with Gasteiger partial charge >= 0.3 is 5.97 Å². The number of hydrogen-bond acceptors (Lipinski definition) is 3. The van der Waals surface area contributed by atoms with Crippen molar-refractivity contribution in [1.29, 1.82) is 0 Å². The highest BCUT2D eigenvalue weighted by Crippen LogP contribution is 2.05. The molecule has 0 saturated heterocycles. The van der Waals surface area contributed by atoms with Crippen molar-refractivity contribution in [2.75, 3.05) is 6.67 Å². The summed E-state index contributed by atoms with van der Waals surface area (Å²) in [5, 5.41) is 13.4. The van der Waals surface area contributed by atoms with Crippen molar-refractivity contribution in [2.45, 2.75) is 32.4 Å². The summed E-state index contributed by atoms with van der Waals surface area (Å²) in [6.45, 7) is 2.19. The van der Waals surface area contributed by atoms with Crippen LogP contribution in [0, 0.1) is 5.92 Å². The Labute approximate surface area is 134 Å². The predicted molar refractivity (Wildman–Crippen MR) is 82.5 cm³/mol. The molecular formula is C16H21FN2O4. The van der Waals surface area contributed by atoms with E-state index < -0.39 is 30.6 Å². The number of halogens is 1. The first-order chi connectivity index (χ1) is 10.8. The number of rotatable bonds is 8. The number of alkyl halides is 1. The third kappa shape index (κ3) is 6.06. The maximum absolute atomic E-state index is 12.6. The van der Waals surface area contributed by atoms with Gasteiger partial charge in [-0.1, -0.05) is 44.2 Å². The molecule has 0 radical (unpaired) electrons. The lowest BCUT2D eigenvalue weighted by atomic mass is 10.0. The minimum Gasteiger partial charge on any atom is -0.480 e. The second-order valence-electron chi connectivity index (χ2n) is 5.51. The van der Waals surface area contributed by atoms with E-state index in [4.69, 9.17) is 5.11 Å². The lowest BCUT2D eigenvalue weighted by Crippen LogP contribution is -2.54. The lowest BCUT2D eigenvalue weighted by Gasteiger charge is -2.23. The molecule has 6 nitrogen and oxygen atoms in total. The van der Waals surface area contributed by atoms with Gasteiger partial charge in [0.15, 0.2) is 6.04 Å². The number of carbonyl (C=O) groups excluding carboxylic acids is 2. The van der Waals surface area contributed by atoms with E-state index in [1.165, 1.54) is 0 Å². The number of nitrogens with one attached hydrogen (secondary N) is 2. The Morgan fingerprint density at radius 2 is 1.74 bits per heavy atom. The summed E-state index contributed by atoms with van der Waals surface area (Å²) in [6.07, 6.45) is 0.100. The quantitative estimate of drug-likeness (QED) is 0.662. The van der Waals surface area contributed by atoms with Crippen LogP contribution in [0.25, 0.3) is 0 Å². The van der Waals surface area contributed by atoms with Crippen molar-refractivity contribution < 1.29 is 23.9 Å². The molecule has 2 atom stereocenters. The van der Waals surface area contributed by atoms with Gasteiger partial charge in [0.2, 0.25) is 11.8 Å². The monoisotopic (exact) mass is 324 g/mol. The molecule has 3 N–H and O–H groups in total. The van der Waals surface area contributed by atoms with Crippen molar-refractivity contribution in [2.24, 2.45) is 5.92 Å². The molecular weight excluding hydrogens is 303 g/mol. The summed E-state index contributed by atoms with van der Waals surface area (Å²) in [5.41, 5.74) is 0.792. The lowest BCUT2D eigenvalue weighted by molar-refractivity contribution is -0.142. The molecule has 0 saturated carbocycles.